The number of piperazine rings is 1. The van der Waals surface area contributed by atoms with Crippen LogP contribution in [0.1, 0.15) is 12.8 Å². The minimum absolute atomic E-state index is 0.0251. The number of rotatable bonds is 0. The molecule has 2 aliphatic heterocycles. The predicted molar refractivity (Wildman–Crippen MR) is 47.7 cm³/mol. The largest absolute Gasteiger partial charge is 0.330 e. The minimum atomic E-state index is -0.866. The van der Waals surface area contributed by atoms with Crippen molar-refractivity contribution in [3.63, 3.8) is 0 Å². The van der Waals surface area contributed by atoms with Crippen molar-refractivity contribution >= 4 is 28.8 Å². The Hall–Kier alpha value is -1.10. The molecule has 2 heterocycles. The molecule has 0 aromatic carbocycles. The molecule has 0 aliphatic carbocycles. The second-order valence-electron chi connectivity index (χ2n) is 3.46. The van der Waals surface area contributed by atoms with Crippen LogP contribution in [-0.4, -0.2) is 46.1 Å². The summed E-state index contributed by atoms with van der Waals surface area (Å²) in [5.74, 6) is -1.41. The van der Waals surface area contributed by atoms with E-state index in [1.807, 2.05) is 0 Å². The third-order valence-corrected chi connectivity index (χ3v) is 2.88. The molecule has 76 valence electrons. The number of hydrogen-bond acceptors (Lipinski definition) is 3. The fourth-order valence-electron chi connectivity index (χ4n) is 1.98. The van der Waals surface area contributed by atoms with Crippen molar-refractivity contribution in [2.24, 2.45) is 0 Å². The van der Waals surface area contributed by atoms with Crippen LogP contribution in [0.5, 0.6) is 0 Å². The smallest absolute Gasteiger partial charge is 0.323 e. The maximum atomic E-state index is 11.4. The highest BCUT2D eigenvalue weighted by molar-refractivity contribution is 6.65. The van der Waals surface area contributed by atoms with E-state index in [0.29, 0.717) is 6.54 Å². The standard InChI is InChI=1S/C8H9ClN2O3/c9-8(14)11-4-5-2-1-3-10(5)6(12)7(11)13/h5H,1-4H2/t5-/m1/s1. The van der Waals surface area contributed by atoms with Gasteiger partial charge in [-0.2, -0.15) is 0 Å². The molecule has 2 aliphatic rings. The SMILES string of the molecule is O=C(Cl)N1C[C@H]2CCCN2C(=O)C1=O. The monoisotopic (exact) mass is 216 g/mol. The quantitative estimate of drug-likeness (QED) is 0.330. The van der Waals surface area contributed by atoms with Crippen molar-refractivity contribution in [3.8, 4) is 0 Å². The van der Waals surface area contributed by atoms with E-state index < -0.39 is 17.2 Å². The normalized spacial score (nSPS) is 26.8. The Morgan fingerprint density at radius 1 is 1.36 bits per heavy atom. The van der Waals surface area contributed by atoms with Gasteiger partial charge in [-0.3, -0.25) is 19.3 Å². The summed E-state index contributed by atoms with van der Waals surface area (Å²) in [5.41, 5.74) is 0. The molecule has 6 heteroatoms. The molecule has 0 unspecified atom stereocenters. The van der Waals surface area contributed by atoms with Crippen molar-refractivity contribution in [3.05, 3.63) is 0 Å². The van der Waals surface area contributed by atoms with Crippen LogP contribution in [0.3, 0.4) is 0 Å². The van der Waals surface area contributed by atoms with Crippen molar-refractivity contribution in [1.29, 1.82) is 0 Å². The molecule has 0 spiro atoms. The van der Waals surface area contributed by atoms with Crippen LogP contribution in [0.4, 0.5) is 4.79 Å². The number of amides is 3. The number of nitrogens with zero attached hydrogens (tertiary/aromatic N) is 2. The number of carbonyl (C=O) groups excluding carboxylic acids is 3. The summed E-state index contributed by atoms with van der Waals surface area (Å²) < 4.78 is 0. The Morgan fingerprint density at radius 2 is 2.07 bits per heavy atom. The first kappa shape index (κ1) is 9.45. The molecule has 2 saturated heterocycles. The molecule has 0 aromatic rings. The Bertz CT molecular complexity index is 318. The van der Waals surface area contributed by atoms with Crippen LogP contribution in [0.25, 0.3) is 0 Å². The van der Waals surface area contributed by atoms with Gasteiger partial charge in [0.2, 0.25) is 0 Å². The third kappa shape index (κ3) is 1.28. The van der Waals surface area contributed by atoms with Gasteiger partial charge in [0.25, 0.3) is 0 Å². The first-order chi connectivity index (χ1) is 6.61. The Kier molecular flexibility index (Phi) is 2.19. The summed E-state index contributed by atoms with van der Waals surface area (Å²) in [6.07, 6.45) is 1.72. The molecule has 14 heavy (non-hydrogen) atoms. The zero-order valence-corrected chi connectivity index (χ0v) is 8.16. The lowest BCUT2D eigenvalue weighted by Gasteiger charge is -2.33. The van der Waals surface area contributed by atoms with Gasteiger partial charge in [0.05, 0.1) is 12.6 Å². The fourth-order valence-corrected chi connectivity index (χ4v) is 2.12. The van der Waals surface area contributed by atoms with E-state index in [9.17, 15) is 14.4 Å². The molecule has 0 aromatic heterocycles. The second kappa shape index (κ2) is 3.24. The predicted octanol–water partition coefficient (Wildman–Crippen LogP) is 0.178. The number of hydrogen-bond donors (Lipinski definition) is 0. The van der Waals surface area contributed by atoms with Crippen LogP contribution in [0, 0.1) is 0 Å². The highest BCUT2D eigenvalue weighted by Gasteiger charge is 2.43. The zero-order chi connectivity index (χ0) is 10.3. The van der Waals surface area contributed by atoms with Gasteiger partial charge in [-0.25, -0.2) is 0 Å². The van der Waals surface area contributed by atoms with Crippen molar-refractivity contribution in [2.75, 3.05) is 13.1 Å². The van der Waals surface area contributed by atoms with E-state index >= 15 is 0 Å². The Morgan fingerprint density at radius 3 is 2.71 bits per heavy atom. The van der Waals surface area contributed by atoms with Crippen LogP contribution < -0.4 is 0 Å². The molecule has 1 atom stereocenters. The fraction of sp³-hybridized carbons (Fsp3) is 0.625. The van der Waals surface area contributed by atoms with Crippen LogP contribution in [-0.2, 0) is 9.59 Å². The molecule has 2 fully saturated rings. The van der Waals surface area contributed by atoms with E-state index in [0.717, 1.165) is 17.7 Å². The lowest BCUT2D eigenvalue weighted by atomic mass is 10.1. The first-order valence-electron chi connectivity index (χ1n) is 4.43. The highest BCUT2D eigenvalue weighted by atomic mass is 35.5. The molecule has 2 rings (SSSR count). The van der Waals surface area contributed by atoms with Gasteiger partial charge in [0.15, 0.2) is 0 Å². The topological polar surface area (TPSA) is 57.7 Å². The summed E-state index contributed by atoms with van der Waals surface area (Å²) in [5, 5.41) is -0.866. The van der Waals surface area contributed by atoms with E-state index in [1.165, 1.54) is 4.90 Å². The van der Waals surface area contributed by atoms with Crippen molar-refractivity contribution in [1.82, 2.24) is 9.80 Å². The van der Waals surface area contributed by atoms with Gasteiger partial charge in [0, 0.05) is 6.54 Å². The van der Waals surface area contributed by atoms with Gasteiger partial charge < -0.3 is 4.90 Å². The van der Waals surface area contributed by atoms with Gasteiger partial charge >= 0.3 is 17.2 Å². The summed E-state index contributed by atoms with van der Waals surface area (Å²) >= 11 is 5.20. The summed E-state index contributed by atoms with van der Waals surface area (Å²) in [6.45, 7) is 0.854. The van der Waals surface area contributed by atoms with E-state index in [2.05, 4.69) is 0 Å². The van der Waals surface area contributed by atoms with Crippen molar-refractivity contribution < 1.29 is 14.4 Å². The first-order valence-corrected chi connectivity index (χ1v) is 4.81. The van der Waals surface area contributed by atoms with Gasteiger partial charge in [-0.05, 0) is 24.4 Å². The van der Waals surface area contributed by atoms with Gasteiger partial charge in [0.1, 0.15) is 0 Å². The number of imide groups is 1. The molecule has 0 saturated carbocycles. The van der Waals surface area contributed by atoms with Crippen LogP contribution in [0.15, 0.2) is 0 Å². The zero-order valence-electron chi connectivity index (χ0n) is 7.40. The average Bonchev–Trinajstić information content (AvgIpc) is 2.58. The summed E-state index contributed by atoms with van der Waals surface area (Å²) in [7, 11) is 0. The minimum Gasteiger partial charge on any atom is -0.330 e. The summed E-state index contributed by atoms with van der Waals surface area (Å²) in [6, 6.07) is -0.0251. The molecule has 0 bridgehead atoms. The molecule has 0 N–H and O–H groups in total. The maximum absolute atomic E-state index is 11.4. The number of fused-ring (bicyclic) bond motifs is 1. The number of carbonyl (C=O) groups is 3. The number of halogens is 1. The van der Waals surface area contributed by atoms with Crippen molar-refractivity contribution in [2.45, 2.75) is 18.9 Å². The molecular formula is C8H9ClN2O3. The van der Waals surface area contributed by atoms with E-state index in [1.54, 1.807) is 0 Å². The second-order valence-corrected chi connectivity index (χ2v) is 3.79. The van der Waals surface area contributed by atoms with Crippen LogP contribution in [0.2, 0.25) is 0 Å². The summed E-state index contributed by atoms with van der Waals surface area (Å²) in [4.78, 5) is 36.0. The Balaban J connectivity index is 2.23. The Labute approximate surface area is 85.6 Å². The highest BCUT2D eigenvalue weighted by Crippen LogP contribution is 2.23. The lowest BCUT2D eigenvalue weighted by molar-refractivity contribution is -0.154. The molecule has 5 nitrogen and oxygen atoms in total. The van der Waals surface area contributed by atoms with Gasteiger partial charge in [-0.15, -0.1) is 0 Å². The van der Waals surface area contributed by atoms with E-state index in [4.69, 9.17) is 11.6 Å². The van der Waals surface area contributed by atoms with Gasteiger partial charge in [-0.1, -0.05) is 0 Å². The van der Waals surface area contributed by atoms with Crippen LogP contribution >= 0.6 is 11.6 Å². The average molecular weight is 217 g/mol. The van der Waals surface area contributed by atoms with E-state index in [-0.39, 0.29) is 12.6 Å². The molecule has 0 radical (unpaired) electrons. The maximum Gasteiger partial charge on any atom is 0.323 e. The molecule has 3 amide bonds. The lowest BCUT2D eigenvalue weighted by Crippen LogP contribution is -2.57. The molecular weight excluding hydrogens is 208 g/mol. The third-order valence-electron chi connectivity index (χ3n) is 2.67.